The lowest BCUT2D eigenvalue weighted by Gasteiger charge is -1.87. The first-order chi connectivity index (χ1) is 8.06. The van der Waals surface area contributed by atoms with E-state index in [1.165, 1.54) is 17.4 Å². The lowest BCUT2D eigenvalue weighted by Crippen LogP contribution is -1.85. The molecule has 0 bridgehead atoms. The van der Waals surface area contributed by atoms with Crippen molar-refractivity contribution in [1.29, 1.82) is 0 Å². The van der Waals surface area contributed by atoms with E-state index in [1.807, 2.05) is 0 Å². The average Bonchev–Trinajstić information content (AvgIpc) is 2.82. The zero-order valence-electron chi connectivity index (χ0n) is 8.05. The van der Waals surface area contributed by atoms with Crippen LogP contribution in [-0.4, -0.2) is 21.3 Å². The van der Waals surface area contributed by atoms with Crippen molar-refractivity contribution in [1.82, 2.24) is 10.2 Å². The summed E-state index contributed by atoms with van der Waals surface area (Å²) < 4.78 is 6.15. The maximum atomic E-state index is 10.3. The number of carboxylic acid groups (broad SMARTS) is 1. The predicted octanol–water partition coefficient (Wildman–Crippen LogP) is 3.20. The first-order valence-corrected chi connectivity index (χ1v) is 5.83. The summed E-state index contributed by atoms with van der Waals surface area (Å²) in [7, 11) is 0. The molecule has 0 amide bonds. The summed E-state index contributed by atoms with van der Waals surface area (Å²) in [6, 6.07) is 1.60. The quantitative estimate of drug-likeness (QED) is 0.879. The molecule has 2 rings (SSSR count). The molecule has 2 aromatic rings. The molecule has 0 aromatic carbocycles. The zero-order valence-corrected chi connectivity index (χ0v) is 10.4. The van der Waals surface area contributed by atoms with Crippen LogP contribution in [0, 0.1) is 0 Å². The number of aliphatic carboxylic acids is 1. The van der Waals surface area contributed by atoms with Gasteiger partial charge in [0, 0.05) is 12.2 Å². The SMILES string of the molecule is O=C(O)/C=C/c1nnc(-c2cc(Cl)sc2Cl)o1. The van der Waals surface area contributed by atoms with E-state index in [4.69, 9.17) is 32.7 Å². The third kappa shape index (κ3) is 2.85. The summed E-state index contributed by atoms with van der Waals surface area (Å²) in [6.45, 7) is 0. The number of thiophene rings is 1. The summed E-state index contributed by atoms with van der Waals surface area (Å²) in [6.07, 6.45) is 2.10. The van der Waals surface area contributed by atoms with Gasteiger partial charge in [-0.05, 0) is 6.07 Å². The fraction of sp³-hybridized carbons (Fsp3) is 0. The van der Waals surface area contributed by atoms with Gasteiger partial charge in [-0.1, -0.05) is 23.2 Å². The first-order valence-electron chi connectivity index (χ1n) is 4.26. The molecule has 0 saturated carbocycles. The van der Waals surface area contributed by atoms with Crippen LogP contribution in [0.15, 0.2) is 16.6 Å². The second-order valence-electron chi connectivity index (χ2n) is 2.85. The van der Waals surface area contributed by atoms with Crippen LogP contribution in [0.2, 0.25) is 8.67 Å². The van der Waals surface area contributed by atoms with Gasteiger partial charge in [0.1, 0.15) is 4.34 Å². The number of aromatic nitrogens is 2. The Balaban J connectivity index is 2.30. The molecular weight excluding hydrogens is 287 g/mol. The minimum Gasteiger partial charge on any atom is -0.478 e. The fourth-order valence-electron chi connectivity index (χ4n) is 1.04. The molecule has 0 aliphatic heterocycles. The number of nitrogens with zero attached hydrogens (tertiary/aromatic N) is 2. The van der Waals surface area contributed by atoms with Crippen LogP contribution in [0.25, 0.3) is 17.5 Å². The minimum atomic E-state index is -1.10. The van der Waals surface area contributed by atoms with Gasteiger partial charge in [0.25, 0.3) is 5.89 Å². The predicted molar refractivity (Wildman–Crippen MR) is 64.3 cm³/mol. The van der Waals surface area contributed by atoms with Crippen LogP contribution >= 0.6 is 34.5 Å². The Morgan fingerprint density at radius 1 is 1.47 bits per heavy atom. The number of hydrogen-bond donors (Lipinski definition) is 1. The summed E-state index contributed by atoms with van der Waals surface area (Å²) in [5, 5.41) is 15.8. The Bertz CT molecular complexity index is 591. The van der Waals surface area contributed by atoms with Gasteiger partial charge in [-0.15, -0.1) is 21.5 Å². The standard InChI is InChI=1S/C9H4Cl2N2O3S/c10-5-3-4(8(11)17-5)9-13-12-6(16-9)1-2-7(14)15/h1-3H,(H,14,15)/b2-1+. The molecule has 0 saturated heterocycles. The lowest BCUT2D eigenvalue weighted by molar-refractivity contribution is -0.131. The Labute approximate surface area is 109 Å². The number of halogens is 2. The van der Waals surface area contributed by atoms with Crippen molar-refractivity contribution in [2.24, 2.45) is 0 Å². The molecule has 0 unspecified atom stereocenters. The van der Waals surface area contributed by atoms with Crippen LogP contribution in [0.3, 0.4) is 0 Å². The molecule has 2 aromatic heterocycles. The summed E-state index contributed by atoms with van der Waals surface area (Å²) in [5.74, 6) is -0.815. The number of carbonyl (C=O) groups is 1. The Kier molecular flexibility index (Phi) is 3.46. The van der Waals surface area contributed by atoms with E-state index < -0.39 is 5.97 Å². The van der Waals surface area contributed by atoms with E-state index >= 15 is 0 Å². The molecule has 0 aliphatic carbocycles. The highest BCUT2D eigenvalue weighted by Crippen LogP contribution is 2.37. The molecule has 2 heterocycles. The van der Waals surface area contributed by atoms with Crippen LogP contribution in [0.5, 0.6) is 0 Å². The van der Waals surface area contributed by atoms with Crippen LogP contribution in [0.4, 0.5) is 0 Å². The molecule has 0 spiro atoms. The van der Waals surface area contributed by atoms with Gasteiger partial charge in [-0.3, -0.25) is 0 Å². The van der Waals surface area contributed by atoms with Crippen molar-refractivity contribution < 1.29 is 14.3 Å². The van der Waals surface area contributed by atoms with E-state index in [0.29, 0.717) is 14.2 Å². The smallest absolute Gasteiger partial charge is 0.328 e. The number of hydrogen-bond acceptors (Lipinski definition) is 5. The highest BCUT2D eigenvalue weighted by atomic mass is 35.5. The third-order valence-electron chi connectivity index (χ3n) is 1.70. The molecule has 5 nitrogen and oxygen atoms in total. The summed E-state index contributed by atoms with van der Waals surface area (Å²) >= 11 is 12.9. The van der Waals surface area contributed by atoms with Crippen molar-refractivity contribution in [3.63, 3.8) is 0 Å². The summed E-state index contributed by atoms with van der Waals surface area (Å²) in [5.41, 5.74) is 0.532. The molecule has 17 heavy (non-hydrogen) atoms. The number of carboxylic acids is 1. The second-order valence-corrected chi connectivity index (χ2v) is 5.14. The van der Waals surface area contributed by atoms with E-state index in [2.05, 4.69) is 10.2 Å². The van der Waals surface area contributed by atoms with Gasteiger partial charge in [-0.25, -0.2) is 4.79 Å². The fourth-order valence-corrected chi connectivity index (χ4v) is 2.49. The maximum Gasteiger partial charge on any atom is 0.328 e. The Hall–Kier alpha value is -1.37. The molecule has 0 aliphatic rings. The lowest BCUT2D eigenvalue weighted by atomic mass is 10.3. The van der Waals surface area contributed by atoms with Crippen molar-refractivity contribution >= 4 is 46.6 Å². The van der Waals surface area contributed by atoms with Gasteiger partial charge in [0.2, 0.25) is 5.89 Å². The molecule has 0 radical (unpaired) electrons. The molecule has 1 N–H and O–H groups in total. The Morgan fingerprint density at radius 2 is 2.24 bits per heavy atom. The second kappa shape index (κ2) is 4.87. The number of rotatable bonds is 3. The van der Waals surface area contributed by atoms with E-state index in [0.717, 1.165) is 6.08 Å². The average molecular weight is 291 g/mol. The highest BCUT2D eigenvalue weighted by Gasteiger charge is 2.14. The maximum absolute atomic E-state index is 10.3. The van der Waals surface area contributed by atoms with E-state index in [-0.39, 0.29) is 11.8 Å². The largest absolute Gasteiger partial charge is 0.478 e. The van der Waals surface area contributed by atoms with Gasteiger partial charge >= 0.3 is 5.97 Å². The molecule has 8 heteroatoms. The van der Waals surface area contributed by atoms with Gasteiger partial charge in [-0.2, -0.15) is 0 Å². The first kappa shape index (κ1) is 12.1. The van der Waals surface area contributed by atoms with Crippen molar-refractivity contribution in [3.05, 3.63) is 26.7 Å². The monoisotopic (exact) mass is 290 g/mol. The van der Waals surface area contributed by atoms with Crippen LogP contribution in [0.1, 0.15) is 5.89 Å². The summed E-state index contributed by atoms with van der Waals surface area (Å²) in [4.78, 5) is 10.3. The van der Waals surface area contributed by atoms with E-state index in [9.17, 15) is 4.79 Å². The van der Waals surface area contributed by atoms with Gasteiger partial charge in [0.15, 0.2) is 0 Å². The molecule has 0 atom stereocenters. The molecule has 88 valence electrons. The van der Waals surface area contributed by atoms with E-state index in [1.54, 1.807) is 6.07 Å². The van der Waals surface area contributed by atoms with Gasteiger partial charge < -0.3 is 9.52 Å². The zero-order chi connectivity index (χ0) is 12.4. The van der Waals surface area contributed by atoms with Crippen LogP contribution < -0.4 is 0 Å². The topological polar surface area (TPSA) is 76.2 Å². The van der Waals surface area contributed by atoms with Crippen molar-refractivity contribution in [2.75, 3.05) is 0 Å². The van der Waals surface area contributed by atoms with Gasteiger partial charge in [0.05, 0.1) is 9.90 Å². The normalized spacial score (nSPS) is 11.2. The highest BCUT2D eigenvalue weighted by molar-refractivity contribution is 7.20. The van der Waals surface area contributed by atoms with Crippen LogP contribution in [-0.2, 0) is 4.79 Å². The Morgan fingerprint density at radius 3 is 2.82 bits per heavy atom. The third-order valence-corrected chi connectivity index (χ3v) is 3.18. The molecule has 0 fully saturated rings. The molecular formula is C9H4Cl2N2O3S. The van der Waals surface area contributed by atoms with Crippen molar-refractivity contribution in [3.8, 4) is 11.5 Å². The van der Waals surface area contributed by atoms with Crippen molar-refractivity contribution in [2.45, 2.75) is 0 Å². The minimum absolute atomic E-state index is 0.0841.